The molecule has 4 nitrogen and oxygen atoms in total. The van der Waals surface area contributed by atoms with Gasteiger partial charge in [-0.1, -0.05) is 15.9 Å². The van der Waals surface area contributed by atoms with Crippen LogP contribution < -0.4 is 10.2 Å². The van der Waals surface area contributed by atoms with Crippen molar-refractivity contribution in [2.45, 2.75) is 6.92 Å². The smallest absolute Gasteiger partial charge is 0.321 e. The van der Waals surface area contributed by atoms with E-state index in [4.69, 9.17) is 0 Å². The van der Waals surface area contributed by atoms with Gasteiger partial charge in [0, 0.05) is 36.3 Å². The summed E-state index contributed by atoms with van der Waals surface area (Å²) in [6, 6.07) is 6.13. The van der Waals surface area contributed by atoms with Crippen LogP contribution in [0.1, 0.15) is 5.56 Å². The second-order valence-corrected chi connectivity index (χ2v) is 5.31. The number of carbonyl (C=O) groups is 1. The van der Waals surface area contributed by atoms with Gasteiger partial charge in [-0.15, -0.1) is 0 Å². The van der Waals surface area contributed by atoms with Crippen LogP contribution in [0.25, 0.3) is 0 Å². The molecule has 0 bridgehead atoms. The molecule has 0 spiro atoms. The van der Waals surface area contributed by atoms with Gasteiger partial charge in [0.25, 0.3) is 0 Å². The molecule has 1 aromatic rings. The average Bonchev–Trinajstić information content (AvgIpc) is 2.72. The highest BCUT2D eigenvalue weighted by Crippen LogP contribution is 2.25. The Morgan fingerprint density at radius 3 is 2.83 bits per heavy atom. The molecule has 0 atom stereocenters. The molecule has 18 heavy (non-hydrogen) atoms. The molecule has 5 heteroatoms. The lowest BCUT2D eigenvalue weighted by atomic mass is 10.2. The maximum absolute atomic E-state index is 12.2. The van der Waals surface area contributed by atoms with Gasteiger partial charge in [-0.3, -0.25) is 4.90 Å². The Labute approximate surface area is 116 Å². The predicted molar refractivity (Wildman–Crippen MR) is 77.1 cm³/mol. The van der Waals surface area contributed by atoms with Crippen molar-refractivity contribution in [1.29, 1.82) is 0 Å². The van der Waals surface area contributed by atoms with Gasteiger partial charge in [-0.2, -0.15) is 0 Å². The molecule has 1 N–H and O–H groups in total. The number of carbonyl (C=O) groups excluding carboxylic acids is 1. The fraction of sp³-hybridized carbons (Fsp3) is 0.462. The molecule has 2 amide bonds. The Morgan fingerprint density at radius 1 is 1.39 bits per heavy atom. The predicted octanol–water partition coefficient (Wildman–Crippen LogP) is 2.22. The maximum atomic E-state index is 12.2. The molecule has 0 aromatic heterocycles. The quantitative estimate of drug-likeness (QED) is 0.925. The number of hydrogen-bond donors (Lipinski definition) is 1. The summed E-state index contributed by atoms with van der Waals surface area (Å²) < 4.78 is 1.07. The van der Waals surface area contributed by atoms with Crippen LogP contribution in [0.2, 0.25) is 0 Å². The normalized spacial score (nSPS) is 15.6. The summed E-state index contributed by atoms with van der Waals surface area (Å²) >= 11 is 3.48. The monoisotopic (exact) mass is 311 g/mol. The SMILES string of the molecule is CNCCN1CCN(c2ccc(Br)c(C)c2)C1=O. The zero-order chi connectivity index (χ0) is 13.1. The molecular formula is C13H18BrN3O. The third-order valence-electron chi connectivity index (χ3n) is 3.18. The summed E-state index contributed by atoms with van der Waals surface area (Å²) in [5, 5.41) is 3.07. The van der Waals surface area contributed by atoms with Crippen molar-refractivity contribution < 1.29 is 4.79 Å². The zero-order valence-electron chi connectivity index (χ0n) is 10.7. The molecular weight excluding hydrogens is 294 g/mol. The number of rotatable bonds is 4. The Morgan fingerprint density at radius 2 is 2.17 bits per heavy atom. The van der Waals surface area contributed by atoms with E-state index in [2.05, 4.69) is 21.2 Å². The summed E-state index contributed by atoms with van der Waals surface area (Å²) in [6.07, 6.45) is 0. The maximum Gasteiger partial charge on any atom is 0.324 e. The Bertz CT molecular complexity index is 450. The van der Waals surface area contributed by atoms with Crippen LogP contribution >= 0.6 is 15.9 Å². The molecule has 1 saturated heterocycles. The summed E-state index contributed by atoms with van der Waals surface area (Å²) in [5.74, 6) is 0. The first-order chi connectivity index (χ1) is 8.63. The van der Waals surface area contributed by atoms with Crippen LogP contribution in [-0.4, -0.2) is 44.2 Å². The standard InChI is InChI=1S/C13H18BrN3O/c1-10-9-11(3-4-12(10)14)17-8-7-16(13(17)18)6-5-15-2/h3-4,9,15H,5-8H2,1-2H3. The number of aryl methyl sites for hydroxylation is 1. The molecule has 0 saturated carbocycles. The average molecular weight is 312 g/mol. The molecule has 98 valence electrons. The van der Waals surface area contributed by atoms with Gasteiger partial charge in [-0.25, -0.2) is 4.79 Å². The van der Waals surface area contributed by atoms with Gasteiger partial charge in [0.05, 0.1) is 0 Å². The second kappa shape index (κ2) is 5.71. The van der Waals surface area contributed by atoms with Crippen LogP contribution in [0.4, 0.5) is 10.5 Å². The molecule has 1 aliphatic heterocycles. The fourth-order valence-electron chi connectivity index (χ4n) is 2.07. The summed E-state index contributed by atoms with van der Waals surface area (Å²) in [7, 11) is 1.90. The van der Waals surface area contributed by atoms with Crippen LogP contribution in [0, 0.1) is 6.92 Å². The van der Waals surface area contributed by atoms with Crippen molar-refractivity contribution in [3.05, 3.63) is 28.2 Å². The lowest BCUT2D eigenvalue weighted by Gasteiger charge is -2.19. The van der Waals surface area contributed by atoms with E-state index in [1.165, 1.54) is 0 Å². The third kappa shape index (κ3) is 2.67. The van der Waals surface area contributed by atoms with Gasteiger partial charge < -0.3 is 10.2 Å². The summed E-state index contributed by atoms with van der Waals surface area (Å²) in [4.78, 5) is 15.9. The molecule has 1 aromatic carbocycles. The highest BCUT2D eigenvalue weighted by molar-refractivity contribution is 9.10. The van der Waals surface area contributed by atoms with E-state index in [0.717, 1.165) is 41.9 Å². The number of hydrogen-bond acceptors (Lipinski definition) is 2. The van der Waals surface area contributed by atoms with Gasteiger partial charge >= 0.3 is 6.03 Å². The molecule has 1 heterocycles. The first-order valence-electron chi connectivity index (χ1n) is 6.10. The Balaban J connectivity index is 2.10. The molecule has 0 radical (unpaired) electrons. The van der Waals surface area contributed by atoms with E-state index in [1.807, 2.05) is 42.0 Å². The topological polar surface area (TPSA) is 35.6 Å². The molecule has 1 aliphatic rings. The fourth-order valence-corrected chi connectivity index (χ4v) is 2.32. The largest absolute Gasteiger partial charge is 0.324 e. The van der Waals surface area contributed by atoms with E-state index < -0.39 is 0 Å². The van der Waals surface area contributed by atoms with Gasteiger partial charge in [0.1, 0.15) is 0 Å². The van der Waals surface area contributed by atoms with Crippen LogP contribution in [-0.2, 0) is 0 Å². The van der Waals surface area contributed by atoms with Crippen molar-refractivity contribution >= 4 is 27.6 Å². The van der Waals surface area contributed by atoms with Crippen molar-refractivity contribution in [2.75, 3.05) is 38.1 Å². The van der Waals surface area contributed by atoms with Crippen LogP contribution in [0.5, 0.6) is 0 Å². The highest BCUT2D eigenvalue weighted by atomic mass is 79.9. The first kappa shape index (κ1) is 13.4. The van der Waals surface area contributed by atoms with Crippen molar-refractivity contribution in [3.63, 3.8) is 0 Å². The number of halogens is 1. The van der Waals surface area contributed by atoms with Gasteiger partial charge in [-0.05, 0) is 37.7 Å². The van der Waals surface area contributed by atoms with E-state index in [-0.39, 0.29) is 6.03 Å². The van der Waals surface area contributed by atoms with E-state index in [9.17, 15) is 4.79 Å². The number of nitrogens with one attached hydrogen (secondary N) is 1. The zero-order valence-corrected chi connectivity index (χ0v) is 12.3. The van der Waals surface area contributed by atoms with Gasteiger partial charge in [0.15, 0.2) is 0 Å². The van der Waals surface area contributed by atoms with Crippen LogP contribution in [0.15, 0.2) is 22.7 Å². The number of anilines is 1. The third-order valence-corrected chi connectivity index (χ3v) is 4.07. The number of amides is 2. The molecule has 0 aliphatic carbocycles. The number of nitrogens with zero attached hydrogens (tertiary/aromatic N) is 2. The molecule has 1 fully saturated rings. The van der Waals surface area contributed by atoms with Crippen molar-refractivity contribution in [1.82, 2.24) is 10.2 Å². The van der Waals surface area contributed by atoms with E-state index in [0.29, 0.717) is 0 Å². The van der Waals surface area contributed by atoms with E-state index in [1.54, 1.807) is 0 Å². The number of benzene rings is 1. The van der Waals surface area contributed by atoms with Crippen molar-refractivity contribution in [3.8, 4) is 0 Å². The minimum atomic E-state index is 0.104. The molecule has 0 unspecified atom stereocenters. The minimum absolute atomic E-state index is 0.104. The number of likely N-dealkylation sites (N-methyl/N-ethyl adjacent to an activating group) is 1. The second-order valence-electron chi connectivity index (χ2n) is 4.46. The Kier molecular flexibility index (Phi) is 4.24. The summed E-state index contributed by atoms with van der Waals surface area (Å²) in [5.41, 5.74) is 2.13. The Hall–Kier alpha value is -1.07. The van der Waals surface area contributed by atoms with Crippen LogP contribution in [0.3, 0.4) is 0 Å². The highest BCUT2D eigenvalue weighted by Gasteiger charge is 2.28. The van der Waals surface area contributed by atoms with E-state index >= 15 is 0 Å². The lowest BCUT2D eigenvalue weighted by molar-refractivity contribution is 0.221. The summed E-state index contributed by atoms with van der Waals surface area (Å²) in [6.45, 7) is 5.20. The van der Waals surface area contributed by atoms with Crippen molar-refractivity contribution in [2.24, 2.45) is 0 Å². The minimum Gasteiger partial charge on any atom is -0.321 e. The van der Waals surface area contributed by atoms with Gasteiger partial charge in [0.2, 0.25) is 0 Å². The molecule has 2 rings (SSSR count). The number of urea groups is 1. The first-order valence-corrected chi connectivity index (χ1v) is 6.90. The lowest BCUT2D eigenvalue weighted by Crippen LogP contribution is -2.35.